The van der Waals surface area contributed by atoms with E-state index in [0.717, 1.165) is 11.3 Å². The Morgan fingerprint density at radius 3 is 2.48 bits per heavy atom. The highest BCUT2D eigenvalue weighted by Crippen LogP contribution is 2.28. The van der Waals surface area contributed by atoms with Gasteiger partial charge in [0.1, 0.15) is 11.6 Å². The fraction of sp³-hybridized carbons (Fsp3) is 0.667. The Bertz CT molecular complexity index is 509. The van der Waals surface area contributed by atoms with Gasteiger partial charge >= 0.3 is 12.3 Å². The number of nitrogens with zero attached hydrogens (tertiary/aromatic N) is 1. The van der Waals surface area contributed by atoms with Crippen molar-refractivity contribution in [3.8, 4) is 0 Å². The molecule has 1 amide bonds. The minimum atomic E-state index is -4.46. The zero-order valence-corrected chi connectivity index (χ0v) is 13.0. The van der Waals surface area contributed by atoms with E-state index in [2.05, 4.69) is 10.3 Å². The van der Waals surface area contributed by atoms with Gasteiger partial charge < -0.3 is 10.5 Å². The first-order valence-corrected chi connectivity index (χ1v) is 6.99. The molecule has 1 rings (SSSR count). The molecule has 0 spiro atoms. The Kier molecular flexibility index (Phi) is 5.21. The molecule has 0 saturated heterocycles. The molecule has 0 fully saturated rings. The topological polar surface area (TPSA) is 77.2 Å². The van der Waals surface area contributed by atoms with Crippen LogP contribution < -0.4 is 11.1 Å². The molecule has 0 aliphatic carbocycles. The number of amides is 1. The molecule has 120 valence electrons. The maximum atomic E-state index is 12.4. The van der Waals surface area contributed by atoms with Crippen LogP contribution in [0.5, 0.6) is 0 Å². The summed E-state index contributed by atoms with van der Waals surface area (Å²) in [5.41, 5.74) is 4.83. The molecule has 1 aromatic rings. The minimum Gasteiger partial charge on any atom is -0.444 e. The summed E-state index contributed by atoms with van der Waals surface area (Å²) in [6.45, 7) is 6.67. The second kappa shape index (κ2) is 6.18. The van der Waals surface area contributed by atoms with Crippen molar-refractivity contribution >= 4 is 22.6 Å². The van der Waals surface area contributed by atoms with Crippen molar-refractivity contribution < 1.29 is 22.7 Å². The second-order valence-electron chi connectivity index (χ2n) is 5.51. The van der Waals surface area contributed by atoms with Crippen molar-refractivity contribution in [1.82, 2.24) is 4.98 Å². The number of hydrogen-bond donors (Lipinski definition) is 2. The van der Waals surface area contributed by atoms with Gasteiger partial charge in [0.25, 0.3) is 0 Å². The lowest BCUT2D eigenvalue weighted by molar-refractivity contribution is -0.147. The highest BCUT2D eigenvalue weighted by molar-refractivity contribution is 7.15. The summed E-state index contributed by atoms with van der Waals surface area (Å²) in [5.74, 6) is 0. The Balaban J connectivity index is 2.72. The van der Waals surface area contributed by atoms with Gasteiger partial charge in [-0.05, 0) is 27.7 Å². The van der Waals surface area contributed by atoms with E-state index < -0.39 is 23.9 Å². The maximum Gasteiger partial charge on any atom is 0.413 e. The van der Waals surface area contributed by atoms with E-state index in [9.17, 15) is 18.0 Å². The molecule has 0 aliphatic heterocycles. The zero-order chi connectivity index (χ0) is 16.4. The second-order valence-corrected chi connectivity index (χ2v) is 6.59. The number of hydrogen-bond acceptors (Lipinski definition) is 5. The summed E-state index contributed by atoms with van der Waals surface area (Å²) < 4.78 is 42.4. The van der Waals surface area contributed by atoms with Crippen molar-refractivity contribution in [2.45, 2.75) is 51.9 Å². The summed E-state index contributed by atoms with van der Waals surface area (Å²) in [6, 6.07) is -1.95. The van der Waals surface area contributed by atoms with Crippen molar-refractivity contribution in [2.75, 3.05) is 5.32 Å². The van der Waals surface area contributed by atoms with Gasteiger partial charge in [0.05, 0.1) is 5.69 Å². The number of rotatable bonds is 3. The Morgan fingerprint density at radius 2 is 2.00 bits per heavy atom. The molecule has 1 heterocycles. The number of aryl methyl sites for hydroxylation is 1. The SMILES string of the molecule is Cc1nc(NC(=O)OC(C)(C)C)sc1CC(N)C(F)(F)F. The van der Waals surface area contributed by atoms with Gasteiger partial charge in [0.15, 0.2) is 5.13 Å². The third kappa shape index (κ3) is 5.88. The predicted molar refractivity (Wildman–Crippen MR) is 74.4 cm³/mol. The molecule has 0 radical (unpaired) electrons. The monoisotopic (exact) mass is 325 g/mol. The van der Waals surface area contributed by atoms with Crippen molar-refractivity contribution in [3.63, 3.8) is 0 Å². The smallest absolute Gasteiger partial charge is 0.413 e. The van der Waals surface area contributed by atoms with Gasteiger partial charge in [-0.15, -0.1) is 11.3 Å². The molecule has 0 aromatic carbocycles. The molecular weight excluding hydrogens is 307 g/mol. The Hall–Kier alpha value is -1.35. The van der Waals surface area contributed by atoms with Crippen LogP contribution in [0.15, 0.2) is 0 Å². The van der Waals surface area contributed by atoms with Crippen LogP contribution in [0.1, 0.15) is 31.3 Å². The van der Waals surface area contributed by atoms with Crippen LogP contribution in [0.3, 0.4) is 0 Å². The molecule has 9 heteroatoms. The van der Waals surface area contributed by atoms with E-state index in [0.29, 0.717) is 10.6 Å². The fourth-order valence-corrected chi connectivity index (χ4v) is 2.38. The molecular formula is C12H18F3N3O2S. The Labute approximate surface area is 124 Å². The average molecular weight is 325 g/mol. The molecule has 0 saturated carbocycles. The van der Waals surface area contributed by atoms with Crippen LogP contribution in [0.25, 0.3) is 0 Å². The third-order valence-electron chi connectivity index (χ3n) is 2.33. The number of aromatic nitrogens is 1. The number of halogens is 3. The molecule has 1 atom stereocenters. The number of nitrogens with two attached hydrogens (primary N) is 1. The van der Waals surface area contributed by atoms with E-state index in [1.54, 1.807) is 27.7 Å². The number of carbonyl (C=O) groups is 1. The summed E-state index contributed by atoms with van der Waals surface area (Å²) in [7, 11) is 0. The normalized spacial score (nSPS) is 13.9. The number of carbonyl (C=O) groups excluding carboxylic acids is 1. The van der Waals surface area contributed by atoms with Gasteiger partial charge in [0, 0.05) is 11.3 Å². The van der Waals surface area contributed by atoms with E-state index in [1.807, 2.05) is 0 Å². The fourth-order valence-electron chi connectivity index (χ4n) is 1.38. The van der Waals surface area contributed by atoms with Gasteiger partial charge in [-0.3, -0.25) is 5.32 Å². The lowest BCUT2D eigenvalue weighted by Gasteiger charge is -2.18. The molecule has 3 N–H and O–H groups in total. The zero-order valence-electron chi connectivity index (χ0n) is 12.2. The van der Waals surface area contributed by atoms with Crippen LogP contribution in [0.2, 0.25) is 0 Å². The minimum absolute atomic E-state index is 0.186. The molecule has 5 nitrogen and oxygen atoms in total. The first-order valence-electron chi connectivity index (χ1n) is 6.17. The predicted octanol–water partition coefficient (Wildman–Crippen LogP) is 3.23. The summed E-state index contributed by atoms with van der Waals surface area (Å²) in [4.78, 5) is 15.9. The van der Waals surface area contributed by atoms with Gasteiger partial charge in [-0.25, -0.2) is 9.78 Å². The van der Waals surface area contributed by atoms with Crippen molar-refractivity contribution in [3.05, 3.63) is 10.6 Å². The number of anilines is 1. The van der Waals surface area contributed by atoms with E-state index in [1.165, 1.54) is 0 Å². The first-order chi connectivity index (χ1) is 9.38. The van der Waals surface area contributed by atoms with E-state index in [4.69, 9.17) is 10.5 Å². The molecule has 1 aromatic heterocycles. The van der Waals surface area contributed by atoms with Crippen LogP contribution in [0.4, 0.5) is 23.1 Å². The standard InChI is InChI=1S/C12H18F3N3O2S/c1-6-7(5-8(16)12(13,14)15)21-9(17-6)18-10(19)20-11(2,3)4/h8H,5,16H2,1-4H3,(H,17,18,19). The van der Waals surface area contributed by atoms with Crippen molar-refractivity contribution in [2.24, 2.45) is 5.73 Å². The highest BCUT2D eigenvalue weighted by atomic mass is 32.1. The highest BCUT2D eigenvalue weighted by Gasteiger charge is 2.37. The van der Waals surface area contributed by atoms with Crippen molar-refractivity contribution in [1.29, 1.82) is 0 Å². The lowest BCUT2D eigenvalue weighted by atomic mass is 10.2. The van der Waals surface area contributed by atoms with Crippen LogP contribution in [0, 0.1) is 6.92 Å². The van der Waals surface area contributed by atoms with E-state index in [-0.39, 0.29) is 11.6 Å². The van der Waals surface area contributed by atoms with Crippen LogP contribution >= 0.6 is 11.3 Å². The average Bonchev–Trinajstić information content (AvgIpc) is 2.54. The quantitative estimate of drug-likeness (QED) is 0.894. The molecule has 21 heavy (non-hydrogen) atoms. The number of thiazole rings is 1. The molecule has 0 aliphatic rings. The number of alkyl halides is 3. The summed E-state index contributed by atoms with van der Waals surface area (Å²) in [6.07, 6.45) is -5.54. The summed E-state index contributed by atoms with van der Waals surface area (Å²) in [5, 5.41) is 2.58. The Morgan fingerprint density at radius 1 is 1.43 bits per heavy atom. The lowest BCUT2D eigenvalue weighted by Crippen LogP contribution is -2.39. The number of nitrogens with one attached hydrogen (secondary N) is 1. The van der Waals surface area contributed by atoms with Gasteiger partial charge in [-0.2, -0.15) is 13.2 Å². The van der Waals surface area contributed by atoms with Crippen LogP contribution in [-0.4, -0.2) is 28.9 Å². The van der Waals surface area contributed by atoms with Gasteiger partial charge in [0.2, 0.25) is 0 Å². The maximum absolute atomic E-state index is 12.4. The number of ether oxygens (including phenoxy) is 1. The van der Waals surface area contributed by atoms with Gasteiger partial charge in [-0.1, -0.05) is 0 Å². The summed E-state index contributed by atoms with van der Waals surface area (Å²) >= 11 is 0.955. The van der Waals surface area contributed by atoms with E-state index >= 15 is 0 Å². The molecule has 0 bridgehead atoms. The first kappa shape index (κ1) is 17.7. The largest absolute Gasteiger partial charge is 0.444 e. The third-order valence-corrected chi connectivity index (χ3v) is 3.42. The van der Waals surface area contributed by atoms with Crippen LogP contribution in [-0.2, 0) is 11.2 Å². The molecule has 1 unspecified atom stereocenters.